The smallest absolute Gasteiger partial charge is 0.145 e. The third-order valence-electron chi connectivity index (χ3n) is 1.72. The van der Waals surface area contributed by atoms with Gasteiger partial charge in [-0.15, -0.1) is 24.0 Å². The average molecular weight is 250 g/mol. The highest BCUT2D eigenvalue weighted by Gasteiger charge is 2.03. The molecule has 0 radical (unpaired) electrons. The van der Waals surface area contributed by atoms with Crippen molar-refractivity contribution in [2.24, 2.45) is 0 Å². The Morgan fingerprint density at radius 3 is 2.57 bits per heavy atom. The number of aromatic nitrogens is 2. The largest absolute Gasteiger partial charge is 0.231 e. The predicted molar refractivity (Wildman–Crippen MR) is 61.4 cm³/mol. The molecule has 0 spiro atoms. The summed E-state index contributed by atoms with van der Waals surface area (Å²) in [5.41, 5.74) is 0.832. The average Bonchev–Trinajstić information content (AvgIpc) is 2.18. The van der Waals surface area contributed by atoms with Gasteiger partial charge < -0.3 is 0 Å². The predicted octanol–water partition coefficient (Wildman–Crippen LogP) is 3.44. The van der Waals surface area contributed by atoms with Gasteiger partial charge >= 0.3 is 0 Å². The van der Waals surface area contributed by atoms with E-state index in [1.807, 2.05) is 24.3 Å². The fraction of sp³-hybridized carbons (Fsp3) is 0.111. The molecular formula is C9H7Cl3N2. The summed E-state index contributed by atoms with van der Waals surface area (Å²) >= 11 is 11.5. The van der Waals surface area contributed by atoms with Gasteiger partial charge in [0, 0.05) is 5.39 Å². The molecule has 0 aliphatic carbocycles. The Kier molecular flexibility index (Phi) is 3.93. The number of hydrogen-bond donors (Lipinski definition) is 0. The number of halogens is 3. The minimum Gasteiger partial charge on any atom is -0.231 e. The summed E-state index contributed by atoms with van der Waals surface area (Å²) in [4.78, 5) is 8.27. The molecule has 0 bridgehead atoms. The van der Waals surface area contributed by atoms with Crippen LogP contribution >= 0.6 is 35.6 Å². The standard InChI is InChI=1S/C9H6Cl2N2.ClH/c10-5-8-12-7-4-2-1-3-6(7)9(11)13-8;/h1-4H,5H2;1H. The summed E-state index contributed by atoms with van der Waals surface area (Å²) in [6, 6.07) is 7.58. The Bertz CT molecular complexity index is 445. The van der Waals surface area contributed by atoms with Crippen LogP contribution in [0.2, 0.25) is 5.15 Å². The topological polar surface area (TPSA) is 25.8 Å². The number of para-hydroxylation sites is 1. The van der Waals surface area contributed by atoms with Crippen molar-refractivity contribution in [1.82, 2.24) is 9.97 Å². The van der Waals surface area contributed by atoms with Crippen LogP contribution < -0.4 is 0 Å². The first kappa shape index (κ1) is 11.5. The lowest BCUT2D eigenvalue weighted by Crippen LogP contribution is -1.92. The molecular weight excluding hydrogens is 242 g/mol. The maximum Gasteiger partial charge on any atom is 0.145 e. The molecule has 14 heavy (non-hydrogen) atoms. The minimum absolute atomic E-state index is 0. The summed E-state index contributed by atoms with van der Waals surface area (Å²) in [6.45, 7) is 0. The molecule has 0 atom stereocenters. The molecule has 0 saturated heterocycles. The maximum absolute atomic E-state index is 5.93. The summed E-state index contributed by atoms with van der Waals surface area (Å²) in [6.07, 6.45) is 0. The second kappa shape index (κ2) is 4.78. The lowest BCUT2D eigenvalue weighted by molar-refractivity contribution is 1.06. The van der Waals surface area contributed by atoms with Crippen molar-refractivity contribution in [1.29, 1.82) is 0 Å². The van der Waals surface area contributed by atoms with Crippen LogP contribution in [0.25, 0.3) is 10.9 Å². The van der Waals surface area contributed by atoms with Crippen molar-refractivity contribution in [2.75, 3.05) is 0 Å². The van der Waals surface area contributed by atoms with Gasteiger partial charge in [0.25, 0.3) is 0 Å². The van der Waals surface area contributed by atoms with E-state index < -0.39 is 0 Å². The summed E-state index contributed by atoms with van der Waals surface area (Å²) in [5, 5.41) is 1.32. The van der Waals surface area contributed by atoms with Gasteiger partial charge in [-0.05, 0) is 12.1 Å². The van der Waals surface area contributed by atoms with Gasteiger partial charge in [0.2, 0.25) is 0 Å². The molecule has 0 unspecified atom stereocenters. The maximum atomic E-state index is 5.93. The first-order valence-corrected chi connectivity index (χ1v) is 4.69. The first-order valence-electron chi connectivity index (χ1n) is 3.78. The van der Waals surface area contributed by atoms with E-state index in [9.17, 15) is 0 Å². The van der Waals surface area contributed by atoms with Crippen LogP contribution in [0.15, 0.2) is 24.3 Å². The molecule has 0 fully saturated rings. The zero-order chi connectivity index (χ0) is 9.26. The zero-order valence-electron chi connectivity index (χ0n) is 7.08. The second-order valence-electron chi connectivity index (χ2n) is 2.58. The van der Waals surface area contributed by atoms with Crippen LogP contribution in [-0.4, -0.2) is 9.97 Å². The van der Waals surface area contributed by atoms with Crippen molar-refractivity contribution >= 4 is 46.5 Å². The van der Waals surface area contributed by atoms with Crippen LogP contribution in [-0.2, 0) is 5.88 Å². The summed E-state index contributed by atoms with van der Waals surface area (Å²) < 4.78 is 0. The van der Waals surface area contributed by atoms with Crippen molar-refractivity contribution in [2.45, 2.75) is 5.88 Å². The Hall–Kier alpha value is -0.570. The Morgan fingerprint density at radius 2 is 1.86 bits per heavy atom. The highest BCUT2D eigenvalue weighted by Crippen LogP contribution is 2.19. The third kappa shape index (κ3) is 2.08. The van der Waals surface area contributed by atoms with Crippen LogP contribution in [0, 0.1) is 0 Å². The molecule has 2 rings (SSSR count). The zero-order valence-corrected chi connectivity index (χ0v) is 9.40. The van der Waals surface area contributed by atoms with Crippen LogP contribution in [0.4, 0.5) is 0 Å². The quantitative estimate of drug-likeness (QED) is 0.571. The number of hydrogen-bond acceptors (Lipinski definition) is 2. The van der Waals surface area contributed by atoms with Gasteiger partial charge in [-0.1, -0.05) is 23.7 Å². The SMILES string of the molecule is Cl.ClCc1nc(Cl)c2ccccc2n1. The molecule has 5 heteroatoms. The van der Waals surface area contributed by atoms with Crippen LogP contribution in [0.5, 0.6) is 0 Å². The van der Waals surface area contributed by atoms with Gasteiger partial charge in [0.05, 0.1) is 11.4 Å². The van der Waals surface area contributed by atoms with E-state index in [2.05, 4.69) is 9.97 Å². The fourth-order valence-electron chi connectivity index (χ4n) is 1.14. The first-order chi connectivity index (χ1) is 6.31. The number of benzene rings is 1. The number of fused-ring (bicyclic) bond motifs is 1. The summed E-state index contributed by atoms with van der Waals surface area (Å²) in [7, 11) is 0. The number of alkyl halides is 1. The van der Waals surface area contributed by atoms with E-state index in [0.717, 1.165) is 10.9 Å². The molecule has 0 amide bonds. The van der Waals surface area contributed by atoms with E-state index in [4.69, 9.17) is 23.2 Å². The van der Waals surface area contributed by atoms with Gasteiger partial charge in [0.15, 0.2) is 0 Å². The van der Waals surface area contributed by atoms with Crippen LogP contribution in [0.1, 0.15) is 5.82 Å². The van der Waals surface area contributed by atoms with Crippen LogP contribution in [0.3, 0.4) is 0 Å². The van der Waals surface area contributed by atoms with Crippen molar-refractivity contribution in [3.8, 4) is 0 Å². The lowest BCUT2D eigenvalue weighted by Gasteiger charge is -2.00. The van der Waals surface area contributed by atoms with Crippen molar-refractivity contribution in [3.63, 3.8) is 0 Å². The Morgan fingerprint density at radius 1 is 1.14 bits per heavy atom. The van der Waals surface area contributed by atoms with E-state index in [1.54, 1.807) is 0 Å². The molecule has 1 aromatic heterocycles. The van der Waals surface area contributed by atoms with Gasteiger partial charge in [-0.25, -0.2) is 9.97 Å². The number of rotatable bonds is 1. The molecule has 1 heterocycles. The van der Waals surface area contributed by atoms with E-state index in [1.165, 1.54) is 0 Å². The molecule has 0 aliphatic rings. The fourth-order valence-corrected chi connectivity index (χ4v) is 1.52. The molecule has 0 N–H and O–H groups in total. The monoisotopic (exact) mass is 248 g/mol. The Balaban J connectivity index is 0.000000980. The molecule has 0 aliphatic heterocycles. The van der Waals surface area contributed by atoms with Gasteiger partial charge in [-0.3, -0.25) is 0 Å². The molecule has 1 aromatic carbocycles. The lowest BCUT2D eigenvalue weighted by atomic mass is 10.2. The summed E-state index contributed by atoms with van der Waals surface area (Å²) in [5.74, 6) is 0.843. The molecule has 2 aromatic rings. The van der Waals surface area contributed by atoms with Gasteiger partial charge in [-0.2, -0.15) is 0 Å². The van der Waals surface area contributed by atoms with Crippen molar-refractivity contribution < 1.29 is 0 Å². The second-order valence-corrected chi connectivity index (χ2v) is 3.21. The highest BCUT2D eigenvalue weighted by molar-refractivity contribution is 6.34. The molecule has 0 saturated carbocycles. The molecule has 2 nitrogen and oxygen atoms in total. The van der Waals surface area contributed by atoms with E-state index in [-0.39, 0.29) is 18.3 Å². The Labute approximate surface area is 97.7 Å². The normalized spacial score (nSPS) is 9.86. The number of nitrogens with zero attached hydrogens (tertiary/aromatic N) is 2. The van der Waals surface area contributed by atoms with Crippen molar-refractivity contribution in [3.05, 3.63) is 35.2 Å². The molecule has 74 valence electrons. The minimum atomic E-state index is 0. The van der Waals surface area contributed by atoms with Gasteiger partial charge in [0.1, 0.15) is 11.0 Å². The van der Waals surface area contributed by atoms with E-state index in [0.29, 0.717) is 11.0 Å². The highest BCUT2D eigenvalue weighted by atomic mass is 35.5. The third-order valence-corrected chi connectivity index (χ3v) is 2.25. The van der Waals surface area contributed by atoms with E-state index >= 15 is 0 Å².